The molecule has 1 heterocycles. The van der Waals surface area contributed by atoms with Crippen molar-refractivity contribution >= 4 is 29.6 Å². The van der Waals surface area contributed by atoms with E-state index in [0.29, 0.717) is 25.8 Å². The molecule has 3 rings (SSSR count). The highest BCUT2D eigenvalue weighted by molar-refractivity contribution is 6.37. The Labute approximate surface area is 213 Å². The van der Waals surface area contributed by atoms with Gasteiger partial charge in [-0.15, -0.1) is 0 Å². The summed E-state index contributed by atoms with van der Waals surface area (Å²) in [6, 6.07) is -2.54. The molecule has 202 valence electrons. The zero-order chi connectivity index (χ0) is 26.5. The number of rotatable bonds is 9. The first-order valence-electron chi connectivity index (χ1n) is 13.4. The van der Waals surface area contributed by atoms with Crippen molar-refractivity contribution in [1.82, 2.24) is 15.5 Å². The Kier molecular flexibility index (Phi) is 9.35. The Balaban J connectivity index is 1.73. The minimum Gasteiger partial charge on any atom is -0.444 e. The van der Waals surface area contributed by atoms with E-state index >= 15 is 0 Å². The summed E-state index contributed by atoms with van der Waals surface area (Å²) in [7, 11) is 0. The molecule has 0 aromatic rings. The average Bonchev–Trinajstić information content (AvgIpc) is 3.27. The molecule has 10 heteroatoms. The summed E-state index contributed by atoms with van der Waals surface area (Å²) in [5.74, 6) is -2.41. The van der Waals surface area contributed by atoms with Crippen molar-refractivity contribution in [3.63, 3.8) is 0 Å². The van der Waals surface area contributed by atoms with Crippen LogP contribution in [0, 0.1) is 11.8 Å². The lowest BCUT2D eigenvalue weighted by Gasteiger charge is -2.35. The molecule has 2 saturated carbocycles. The fourth-order valence-corrected chi connectivity index (χ4v) is 5.50. The van der Waals surface area contributed by atoms with Gasteiger partial charge in [0.05, 0.1) is 6.04 Å². The van der Waals surface area contributed by atoms with Crippen LogP contribution in [-0.2, 0) is 23.9 Å². The van der Waals surface area contributed by atoms with E-state index in [1.807, 2.05) is 0 Å². The minimum atomic E-state index is -1.07. The van der Waals surface area contributed by atoms with E-state index < -0.39 is 47.4 Å². The van der Waals surface area contributed by atoms with E-state index in [4.69, 9.17) is 10.5 Å². The quantitative estimate of drug-likeness (QED) is 0.408. The summed E-state index contributed by atoms with van der Waals surface area (Å²) in [5.41, 5.74) is 4.53. The number of nitrogens with one attached hydrogen (secondary N) is 2. The van der Waals surface area contributed by atoms with E-state index in [1.165, 1.54) is 4.90 Å². The smallest absolute Gasteiger partial charge is 0.408 e. The van der Waals surface area contributed by atoms with Crippen molar-refractivity contribution in [3.05, 3.63) is 0 Å². The second-order valence-corrected chi connectivity index (χ2v) is 11.5. The van der Waals surface area contributed by atoms with Gasteiger partial charge < -0.3 is 26.0 Å². The van der Waals surface area contributed by atoms with Crippen LogP contribution >= 0.6 is 0 Å². The number of amides is 4. The van der Waals surface area contributed by atoms with Crippen molar-refractivity contribution in [2.75, 3.05) is 6.54 Å². The van der Waals surface area contributed by atoms with Gasteiger partial charge in [-0.25, -0.2) is 4.79 Å². The molecule has 0 aromatic heterocycles. The first kappa shape index (κ1) is 27.9. The highest BCUT2D eigenvalue weighted by Crippen LogP contribution is 2.32. The van der Waals surface area contributed by atoms with E-state index in [0.717, 1.165) is 51.4 Å². The summed E-state index contributed by atoms with van der Waals surface area (Å²) < 4.78 is 5.42. The third-order valence-corrected chi connectivity index (χ3v) is 7.57. The molecule has 1 aliphatic heterocycles. The number of Topliss-reactive ketones (excluding diaryl/α,β-unsaturated/α-hetero) is 1. The van der Waals surface area contributed by atoms with Crippen LogP contribution in [0.2, 0.25) is 0 Å². The molecular weight excluding hydrogens is 464 g/mol. The van der Waals surface area contributed by atoms with Gasteiger partial charge in [-0.1, -0.05) is 38.5 Å². The van der Waals surface area contributed by atoms with Crippen LogP contribution in [0.25, 0.3) is 0 Å². The third-order valence-electron chi connectivity index (χ3n) is 7.57. The number of hydrogen-bond acceptors (Lipinski definition) is 6. The number of nitrogens with two attached hydrogens (primary N) is 1. The number of carbonyl (C=O) groups is 5. The predicted molar refractivity (Wildman–Crippen MR) is 133 cm³/mol. The molecule has 3 atom stereocenters. The van der Waals surface area contributed by atoms with Crippen molar-refractivity contribution in [2.24, 2.45) is 17.6 Å². The molecule has 36 heavy (non-hydrogen) atoms. The standard InChI is InChI=1S/C26H42N4O6/c1-26(2,3)36-25(35)29-20(17-11-5-4-6-12-17)24(34)30-14-8-13-19(30)23(33)28-18(21(31)22(27)32)15-16-9-7-10-16/h16-20H,4-15H2,1-3H3,(H2,27,32)(H,28,33)(H,29,35). The molecule has 3 aliphatic rings. The number of likely N-dealkylation sites (tertiary alicyclic amines) is 1. The average molecular weight is 507 g/mol. The van der Waals surface area contributed by atoms with Crippen molar-refractivity contribution < 1.29 is 28.7 Å². The van der Waals surface area contributed by atoms with Gasteiger partial charge in [0.1, 0.15) is 17.7 Å². The van der Waals surface area contributed by atoms with Crippen molar-refractivity contribution in [2.45, 2.75) is 115 Å². The molecule has 4 N–H and O–H groups in total. The van der Waals surface area contributed by atoms with Crippen LogP contribution in [0.3, 0.4) is 0 Å². The fraction of sp³-hybridized carbons (Fsp3) is 0.808. The molecule has 0 bridgehead atoms. The first-order chi connectivity index (χ1) is 17.0. The molecule has 2 aliphatic carbocycles. The fourth-order valence-electron chi connectivity index (χ4n) is 5.50. The number of carbonyl (C=O) groups excluding carboxylic acids is 5. The van der Waals surface area contributed by atoms with Crippen LogP contribution in [0.4, 0.5) is 4.79 Å². The number of hydrogen-bond donors (Lipinski definition) is 3. The van der Waals surface area contributed by atoms with Gasteiger partial charge in [0.15, 0.2) is 0 Å². The number of nitrogens with zero attached hydrogens (tertiary/aromatic N) is 1. The maximum atomic E-state index is 13.8. The van der Waals surface area contributed by atoms with Crippen LogP contribution < -0.4 is 16.4 Å². The second kappa shape index (κ2) is 12.1. The summed E-state index contributed by atoms with van der Waals surface area (Å²) in [6.45, 7) is 5.67. The predicted octanol–water partition coefficient (Wildman–Crippen LogP) is 2.18. The summed E-state index contributed by atoms with van der Waals surface area (Å²) in [5, 5.41) is 5.51. The van der Waals surface area contributed by atoms with Crippen LogP contribution in [0.1, 0.15) is 91.4 Å². The summed E-state index contributed by atoms with van der Waals surface area (Å²) in [4.78, 5) is 65.1. The molecule has 3 unspecified atom stereocenters. The lowest BCUT2D eigenvalue weighted by Crippen LogP contribution is -2.58. The van der Waals surface area contributed by atoms with Gasteiger partial charge in [-0.2, -0.15) is 0 Å². The number of alkyl carbamates (subject to hydrolysis) is 1. The van der Waals surface area contributed by atoms with Gasteiger partial charge >= 0.3 is 6.09 Å². The molecule has 4 amide bonds. The normalized spacial score (nSPS) is 22.8. The number of ether oxygens (including phenoxy) is 1. The lowest BCUT2D eigenvalue weighted by molar-refractivity contribution is -0.143. The van der Waals surface area contributed by atoms with Crippen LogP contribution in [-0.4, -0.2) is 64.8 Å². The number of primary amides is 1. The molecule has 0 spiro atoms. The molecular formula is C26H42N4O6. The zero-order valence-corrected chi connectivity index (χ0v) is 21.8. The van der Waals surface area contributed by atoms with E-state index in [1.54, 1.807) is 20.8 Å². The van der Waals surface area contributed by atoms with Crippen molar-refractivity contribution in [1.29, 1.82) is 0 Å². The Hall–Kier alpha value is -2.65. The van der Waals surface area contributed by atoms with Gasteiger partial charge in [0, 0.05) is 6.54 Å². The number of ketones is 1. The van der Waals surface area contributed by atoms with Gasteiger partial charge in [-0.3, -0.25) is 19.2 Å². The minimum absolute atomic E-state index is 0.0362. The largest absolute Gasteiger partial charge is 0.444 e. The molecule has 1 saturated heterocycles. The Morgan fingerprint density at radius 1 is 0.917 bits per heavy atom. The van der Waals surface area contributed by atoms with Gasteiger partial charge in [-0.05, 0) is 64.7 Å². The van der Waals surface area contributed by atoms with Crippen molar-refractivity contribution in [3.8, 4) is 0 Å². The Bertz CT molecular complexity index is 844. The topological polar surface area (TPSA) is 148 Å². The van der Waals surface area contributed by atoms with E-state index in [2.05, 4.69) is 10.6 Å². The maximum Gasteiger partial charge on any atom is 0.408 e. The monoisotopic (exact) mass is 506 g/mol. The summed E-state index contributed by atoms with van der Waals surface area (Å²) in [6.07, 6.45) is 8.44. The van der Waals surface area contributed by atoms with E-state index in [9.17, 15) is 24.0 Å². The Morgan fingerprint density at radius 2 is 1.58 bits per heavy atom. The maximum absolute atomic E-state index is 13.8. The highest BCUT2D eigenvalue weighted by atomic mass is 16.6. The molecule has 10 nitrogen and oxygen atoms in total. The molecule has 0 radical (unpaired) electrons. The SMILES string of the molecule is CC(C)(C)OC(=O)NC(C(=O)N1CCCC1C(=O)NC(CC1CCC1)C(=O)C(N)=O)C1CCCCC1. The van der Waals surface area contributed by atoms with Gasteiger partial charge in [0.2, 0.25) is 17.6 Å². The zero-order valence-electron chi connectivity index (χ0n) is 21.8. The van der Waals surface area contributed by atoms with E-state index in [-0.39, 0.29) is 17.7 Å². The first-order valence-corrected chi connectivity index (χ1v) is 13.4. The molecule has 0 aromatic carbocycles. The van der Waals surface area contributed by atoms with Gasteiger partial charge in [0.25, 0.3) is 5.91 Å². The second-order valence-electron chi connectivity index (χ2n) is 11.5. The summed E-state index contributed by atoms with van der Waals surface area (Å²) >= 11 is 0. The Morgan fingerprint density at radius 3 is 2.14 bits per heavy atom. The van der Waals surface area contributed by atoms with Crippen LogP contribution in [0.5, 0.6) is 0 Å². The highest BCUT2D eigenvalue weighted by Gasteiger charge is 2.42. The van der Waals surface area contributed by atoms with Crippen LogP contribution in [0.15, 0.2) is 0 Å². The third kappa shape index (κ3) is 7.43. The molecule has 3 fully saturated rings. The lowest BCUT2D eigenvalue weighted by atomic mass is 9.80.